The molecule has 2 aromatic rings. The first-order valence-corrected chi connectivity index (χ1v) is 5.06. The summed E-state index contributed by atoms with van der Waals surface area (Å²) in [5.74, 6) is 0. The van der Waals surface area contributed by atoms with Crippen LogP contribution in [0.2, 0.25) is 0 Å². The molecule has 0 aliphatic carbocycles. The zero-order valence-corrected chi connectivity index (χ0v) is 8.96. The maximum atomic E-state index is 5.71. The van der Waals surface area contributed by atoms with Crippen LogP contribution in [-0.2, 0) is 0 Å². The van der Waals surface area contributed by atoms with Gasteiger partial charge >= 0.3 is 0 Å². The number of aromatic nitrogens is 1. The molecule has 1 N–H and O–H groups in total. The molecule has 2 nitrogen and oxygen atoms in total. The summed E-state index contributed by atoms with van der Waals surface area (Å²) in [6.45, 7) is 4.20. The van der Waals surface area contributed by atoms with Crippen molar-refractivity contribution in [3.8, 4) is 0 Å². The molecule has 0 atom stereocenters. The fourth-order valence-corrected chi connectivity index (χ4v) is 1.51. The third-order valence-corrected chi connectivity index (χ3v) is 2.25. The molecular weight excluding hydrogens is 208 g/mol. The molecule has 0 radical (unpaired) electrons. The van der Waals surface area contributed by atoms with Gasteiger partial charge < -0.3 is 5.32 Å². The van der Waals surface area contributed by atoms with Gasteiger partial charge in [-0.15, -0.1) is 0 Å². The molecule has 2 rings (SSSR count). The number of halogens is 1. The van der Waals surface area contributed by atoms with E-state index in [1.807, 2.05) is 30.3 Å². The summed E-state index contributed by atoms with van der Waals surface area (Å²) in [6.07, 6.45) is 1.78. The lowest BCUT2D eigenvalue weighted by molar-refractivity contribution is 1.31. The van der Waals surface area contributed by atoms with E-state index in [4.69, 9.17) is 11.6 Å². The van der Waals surface area contributed by atoms with E-state index >= 15 is 0 Å². The molecule has 76 valence electrons. The zero-order valence-electron chi connectivity index (χ0n) is 8.20. The number of fused-ring (bicyclic) bond motifs is 1. The molecule has 0 amide bonds. The van der Waals surface area contributed by atoms with Crippen molar-refractivity contribution in [1.29, 1.82) is 0 Å². The number of hydrogen-bond acceptors (Lipinski definition) is 2. The van der Waals surface area contributed by atoms with Gasteiger partial charge in [-0.05, 0) is 12.1 Å². The number of anilines is 1. The highest BCUT2D eigenvalue weighted by molar-refractivity contribution is 6.29. The van der Waals surface area contributed by atoms with Gasteiger partial charge in [0.1, 0.15) is 0 Å². The largest absolute Gasteiger partial charge is 0.380 e. The van der Waals surface area contributed by atoms with Crippen LogP contribution in [0, 0.1) is 0 Å². The highest BCUT2D eigenvalue weighted by atomic mass is 35.5. The minimum absolute atomic E-state index is 0.565. The van der Waals surface area contributed by atoms with Crippen LogP contribution in [0.15, 0.2) is 48.1 Å². The molecule has 1 aromatic carbocycles. The van der Waals surface area contributed by atoms with Crippen molar-refractivity contribution < 1.29 is 0 Å². The molecule has 15 heavy (non-hydrogen) atoms. The fraction of sp³-hybridized carbons (Fsp3) is 0.0833. The Balaban J connectivity index is 2.38. The number of benzene rings is 1. The highest BCUT2D eigenvalue weighted by Crippen LogP contribution is 2.21. The van der Waals surface area contributed by atoms with Crippen LogP contribution in [0.3, 0.4) is 0 Å². The quantitative estimate of drug-likeness (QED) is 0.854. The number of para-hydroxylation sites is 1. The van der Waals surface area contributed by atoms with E-state index < -0.39 is 0 Å². The summed E-state index contributed by atoms with van der Waals surface area (Å²) in [7, 11) is 0. The van der Waals surface area contributed by atoms with Gasteiger partial charge in [-0.25, -0.2) is 0 Å². The van der Waals surface area contributed by atoms with Gasteiger partial charge in [0.25, 0.3) is 0 Å². The minimum atomic E-state index is 0.565. The standard InChI is InChI=1S/C12H11ClN2/c1-9(13)8-15-12-6-7-14-11-5-3-2-4-10(11)12/h2-7H,1,8H2,(H,14,15). The molecule has 1 heterocycles. The highest BCUT2D eigenvalue weighted by Gasteiger charge is 1.99. The molecule has 3 heteroatoms. The molecule has 1 aromatic heterocycles. The molecule has 0 aliphatic heterocycles. The summed E-state index contributed by atoms with van der Waals surface area (Å²) >= 11 is 5.71. The first-order valence-electron chi connectivity index (χ1n) is 4.68. The predicted molar refractivity (Wildman–Crippen MR) is 65.2 cm³/mol. The summed E-state index contributed by atoms with van der Waals surface area (Å²) < 4.78 is 0. The lowest BCUT2D eigenvalue weighted by Crippen LogP contribution is -2.01. The van der Waals surface area contributed by atoms with Gasteiger partial charge in [-0.3, -0.25) is 4.98 Å². The maximum absolute atomic E-state index is 5.71. The van der Waals surface area contributed by atoms with Gasteiger partial charge in [-0.2, -0.15) is 0 Å². The smallest absolute Gasteiger partial charge is 0.0722 e. The van der Waals surface area contributed by atoms with Crippen molar-refractivity contribution in [3.63, 3.8) is 0 Å². The second-order valence-corrected chi connectivity index (χ2v) is 3.78. The molecule has 0 saturated carbocycles. The van der Waals surface area contributed by atoms with Crippen LogP contribution >= 0.6 is 11.6 Å². The second-order valence-electron chi connectivity index (χ2n) is 3.25. The monoisotopic (exact) mass is 218 g/mol. The van der Waals surface area contributed by atoms with Gasteiger partial charge in [0.05, 0.1) is 12.1 Å². The van der Waals surface area contributed by atoms with Crippen molar-refractivity contribution in [2.75, 3.05) is 11.9 Å². The Kier molecular flexibility index (Phi) is 2.88. The van der Waals surface area contributed by atoms with E-state index in [1.165, 1.54) is 0 Å². The lowest BCUT2D eigenvalue weighted by Gasteiger charge is -2.07. The van der Waals surface area contributed by atoms with E-state index in [0.717, 1.165) is 16.6 Å². The van der Waals surface area contributed by atoms with Crippen LogP contribution in [-0.4, -0.2) is 11.5 Å². The molecule has 0 saturated heterocycles. The number of hydrogen-bond donors (Lipinski definition) is 1. The molecule has 0 bridgehead atoms. The van der Waals surface area contributed by atoms with Crippen LogP contribution < -0.4 is 5.32 Å². The van der Waals surface area contributed by atoms with E-state index in [2.05, 4.69) is 16.9 Å². The summed E-state index contributed by atoms with van der Waals surface area (Å²) in [5, 5.41) is 4.90. The Morgan fingerprint density at radius 2 is 2.13 bits per heavy atom. The fourth-order valence-electron chi connectivity index (χ4n) is 1.44. The van der Waals surface area contributed by atoms with Crippen LogP contribution in [0.5, 0.6) is 0 Å². The average molecular weight is 219 g/mol. The SMILES string of the molecule is C=C(Cl)CNc1ccnc2ccccc12. The van der Waals surface area contributed by atoms with Crippen molar-refractivity contribution >= 4 is 28.2 Å². The van der Waals surface area contributed by atoms with Crippen molar-refractivity contribution in [1.82, 2.24) is 4.98 Å². The van der Waals surface area contributed by atoms with Crippen molar-refractivity contribution in [3.05, 3.63) is 48.1 Å². The van der Waals surface area contributed by atoms with Crippen LogP contribution in [0.4, 0.5) is 5.69 Å². The third-order valence-electron chi connectivity index (χ3n) is 2.12. The molecular formula is C12H11ClN2. The molecule has 0 unspecified atom stereocenters. The van der Waals surface area contributed by atoms with Gasteiger partial charge in [0, 0.05) is 22.3 Å². The van der Waals surface area contributed by atoms with Crippen LogP contribution in [0.25, 0.3) is 10.9 Å². The summed E-state index contributed by atoms with van der Waals surface area (Å²) in [6, 6.07) is 9.91. The predicted octanol–water partition coefficient (Wildman–Crippen LogP) is 3.40. The number of pyridine rings is 1. The van der Waals surface area contributed by atoms with Gasteiger partial charge in [0.2, 0.25) is 0 Å². The summed E-state index contributed by atoms with van der Waals surface area (Å²) in [5.41, 5.74) is 2.00. The first-order chi connectivity index (χ1) is 7.27. The van der Waals surface area contributed by atoms with Gasteiger partial charge in [0.15, 0.2) is 0 Å². The average Bonchev–Trinajstić information content (AvgIpc) is 2.26. The van der Waals surface area contributed by atoms with Crippen LogP contribution in [0.1, 0.15) is 0 Å². The Morgan fingerprint density at radius 1 is 1.33 bits per heavy atom. The zero-order chi connectivity index (χ0) is 10.7. The van der Waals surface area contributed by atoms with E-state index in [-0.39, 0.29) is 0 Å². The second kappa shape index (κ2) is 4.32. The minimum Gasteiger partial charge on any atom is -0.380 e. The van der Waals surface area contributed by atoms with Crippen molar-refractivity contribution in [2.45, 2.75) is 0 Å². The first kappa shape index (κ1) is 9.99. The summed E-state index contributed by atoms with van der Waals surface area (Å²) in [4.78, 5) is 4.27. The third kappa shape index (κ3) is 2.28. The van der Waals surface area contributed by atoms with Crippen molar-refractivity contribution in [2.24, 2.45) is 0 Å². The van der Waals surface area contributed by atoms with E-state index in [1.54, 1.807) is 6.20 Å². The Hall–Kier alpha value is -1.54. The number of rotatable bonds is 3. The molecule has 0 spiro atoms. The van der Waals surface area contributed by atoms with E-state index in [0.29, 0.717) is 11.6 Å². The number of nitrogens with one attached hydrogen (secondary N) is 1. The Morgan fingerprint density at radius 3 is 2.93 bits per heavy atom. The Bertz CT molecular complexity index is 488. The van der Waals surface area contributed by atoms with E-state index in [9.17, 15) is 0 Å². The molecule has 0 aliphatic rings. The lowest BCUT2D eigenvalue weighted by atomic mass is 10.2. The normalized spacial score (nSPS) is 10.2. The number of nitrogens with zero attached hydrogens (tertiary/aromatic N) is 1. The maximum Gasteiger partial charge on any atom is 0.0722 e. The Labute approximate surface area is 93.6 Å². The van der Waals surface area contributed by atoms with Gasteiger partial charge in [-0.1, -0.05) is 36.4 Å². The molecule has 0 fully saturated rings. The topological polar surface area (TPSA) is 24.9 Å².